The van der Waals surface area contributed by atoms with Gasteiger partial charge in [-0.15, -0.1) is 0 Å². The second kappa shape index (κ2) is 10.8. The van der Waals surface area contributed by atoms with Gasteiger partial charge in [0.25, 0.3) is 0 Å². The Morgan fingerprint density at radius 1 is 1.12 bits per heavy atom. The van der Waals surface area contributed by atoms with Crippen LogP contribution in [0.1, 0.15) is 42.4 Å². The van der Waals surface area contributed by atoms with E-state index in [9.17, 15) is 22.8 Å². The van der Waals surface area contributed by atoms with Crippen LogP contribution in [-0.2, 0) is 28.6 Å². The van der Waals surface area contributed by atoms with Crippen LogP contribution in [0.5, 0.6) is 11.5 Å². The van der Waals surface area contributed by atoms with E-state index in [2.05, 4.69) is 10.6 Å². The lowest BCUT2D eigenvalue weighted by Gasteiger charge is -2.29. The lowest BCUT2D eigenvalue weighted by Crippen LogP contribution is -2.44. The van der Waals surface area contributed by atoms with E-state index in [1.807, 2.05) is 12.1 Å². The SMILES string of the molecule is COc1ccc(C[C@@]2(CCC(=O)NCCc3ccccc3C(F)(F)F)CCC(=O)N2)cc1OC. The Labute approximate surface area is 196 Å². The lowest BCUT2D eigenvalue weighted by molar-refractivity contribution is -0.138. The quantitative estimate of drug-likeness (QED) is 0.540. The number of nitrogens with one attached hydrogen (secondary N) is 2. The largest absolute Gasteiger partial charge is 0.493 e. The zero-order valence-electron chi connectivity index (χ0n) is 19.3. The highest BCUT2D eigenvalue weighted by atomic mass is 19.4. The Morgan fingerprint density at radius 3 is 2.50 bits per heavy atom. The van der Waals surface area contributed by atoms with Gasteiger partial charge in [0, 0.05) is 24.9 Å². The number of alkyl halides is 3. The van der Waals surface area contributed by atoms with E-state index >= 15 is 0 Å². The first-order valence-corrected chi connectivity index (χ1v) is 11.1. The number of rotatable bonds is 10. The van der Waals surface area contributed by atoms with E-state index in [1.165, 1.54) is 12.1 Å². The average molecular weight is 479 g/mol. The molecule has 1 aliphatic heterocycles. The number of methoxy groups -OCH3 is 2. The van der Waals surface area contributed by atoms with Gasteiger partial charge in [-0.25, -0.2) is 0 Å². The maximum Gasteiger partial charge on any atom is 0.416 e. The second-order valence-electron chi connectivity index (χ2n) is 8.45. The van der Waals surface area contributed by atoms with Gasteiger partial charge in [0.1, 0.15) is 0 Å². The van der Waals surface area contributed by atoms with Crippen LogP contribution in [0.25, 0.3) is 0 Å². The fraction of sp³-hybridized carbons (Fsp3) is 0.440. The third-order valence-corrected chi connectivity index (χ3v) is 6.10. The number of amides is 2. The molecule has 2 N–H and O–H groups in total. The first-order chi connectivity index (χ1) is 16.2. The van der Waals surface area contributed by atoms with Gasteiger partial charge in [-0.3, -0.25) is 9.59 Å². The number of carbonyl (C=O) groups excluding carboxylic acids is 2. The van der Waals surface area contributed by atoms with Crippen LogP contribution < -0.4 is 20.1 Å². The van der Waals surface area contributed by atoms with Crippen molar-refractivity contribution in [3.63, 3.8) is 0 Å². The molecular weight excluding hydrogens is 449 g/mol. The number of carbonyl (C=O) groups is 2. The first kappa shape index (κ1) is 25.4. The predicted octanol–water partition coefficient (Wildman–Crippen LogP) is 4.05. The smallest absolute Gasteiger partial charge is 0.416 e. The summed E-state index contributed by atoms with van der Waals surface area (Å²) < 4.78 is 50.0. The molecule has 2 amide bonds. The number of hydrogen-bond acceptors (Lipinski definition) is 4. The van der Waals surface area contributed by atoms with Crippen molar-refractivity contribution >= 4 is 11.8 Å². The zero-order chi connectivity index (χ0) is 24.8. The third-order valence-electron chi connectivity index (χ3n) is 6.10. The average Bonchev–Trinajstić information content (AvgIpc) is 3.17. The van der Waals surface area contributed by atoms with Gasteiger partial charge in [-0.1, -0.05) is 24.3 Å². The summed E-state index contributed by atoms with van der Waals surface area (Å²) in [6.07, 6.45) is -2.31. The molecule has 0 bridgehead atoms. The normalized spacial score (nSPS) is 17.9. The highest BCUT2D eigenvalue weighted by Gasteiger charge is 2.38. The maximum atomic E-state index is 13.1. The number of hydrogen-bond donors (Lipinski definition) is 2. The molecule has 184 valence electrons. The van der Waals surface area contributed by atoms with Gasteiger partial charge in [-0.05, 0) is 55.0 Å². The van der Waals surface area contributed by atoms with E-state index < -0.39 is 17.3 Å². The highest BCUT2D eigenvalue weighted by molar-refractivity contribution is 5.80. The highest BCUT2D eigenvalue weighted by Crippen LogP contribution is 2.34. The van der Waals surface area contributed by atoms with Crippen LogP contribution in [0.2, 0.25) is 0 Å². The van der Waals surface area contributed by atoms with Crippen molar-refractivity contribution in [2.24, 2.45) is 0 Å². The summed E-state index contributed by atoms with van der Waals surface area (Å²) >= 11 is 0. The molecule has 0 aliphatic carbocycles. The molecule has 3 rings (SSSR count). The molecule has 0 unspecified atom stereocenters. The molecular formula is C25H29F3N2O4. The molecule has 2 aromatic carbocycles. The molecule has 0 saturated carbocycles. The van der Waals surface area contributed by atoms with Crippen molar-refractivity contribution in [3.05, 3.63) is 59.2 Å². The molecule has 2 aromatic rings. The van der Waals surface area contributed by atoms with E-state index in [0.29, 0.717) is 37.2 Å². The van der Waals surface area contributed by atoms with Crippen molar-refractivity contribution in [1.82, 2.24) is 10.6 Å². The summed E-state index contributed by atoms with van der Waals surface area (Å²) in [5.41, 5.74) is -0.184. The fourth-order valence-electron chi connectivity index (χ4n) is 4.36. The molecule has 1 heterocycles. The van der Waals surface area contributed by atoms with Crippen LogP contribution >= 0.6 is 0 Å². The number of benzene rings is 2. The van der Waals surface area contributed by atoms with Gasteiger partial charge < -0.3 is 20.1 Å². The number of halogens is 3. The van der Waals surface area contributed by atoms with Gasteiger partial charge >= 0.3 is 6.18 Å². The Morgan fingerprint density at radius 2 is 1.85 bits per heavy atom. The van der Waals surface area contributed by atoms with Crippen LogP contribution in [0.3, 0.4) is 0 Å². The van der Waals surface area contributed by atoms with Crippen LogP contribution in [0.4, 0.5) is 13.2 Å². The van der Waals surface area contributed by atoms with E-state index in [0.717, 1.165) is 11.6 Å². The molecule has 9 heteroatoms. The summed E-state index contributed by atoms with van der Waals surface area (Å²) in [5.74, 6) is 0.848. The lowest BCUT2D eigenvalue weighted by atomic mass is 9.85. The van der Waals surface area contributed by atoms with E-state index in [-0.39, 0.29) is 36.8 Å². The van der Waals surface area contributed by atoms with Crippen molar-refractivity contribution in [3.8, 4) is 11.5 Å². The molecule has 0 aromatic heterocycles. The standard InChI is InChI=1S/C25H29F3N2O4/c1-33-20-8-7-17(15-21(20)34-2)16-24(13-10-23(32)30-24)12-9-22(31)29-14-11-18-5-3-4-6-19(18)25(26,27)28/h3-8,15H,9-14,16H2,1-2H3,(H,29,31)(H,30,32)/t24-/m1/s1. The monoisotopic (exact) mass is 478 g/mol. The second-order valence-corrected chi connectivity index (χ2v) is 8.45. The topological polar surface area (TPSA) is 76.7 Å². The molecule has 1 saturated heterocycles. The predicted molar refractivity (Wildman–Crippen MR) is 121 cm³/mol. The first-order valence-electron chi connectivity index (χ1n) is 11.1. The third kappa shape index (κ3) is 6.42. The van der Waals surface area contributed by atoms with Gasteiger partial charge in [0.2, 0.25) is 11.8 Å². The Hall–Kier alpha value is -3.23. The van der Waals surface area contributed by atoms with Crippen molar-refractivity contribution < 1.29 is 32.2 Å². The number of ether oxygens (including phenoxy) is 2. The van der Waals surface area contributed by atoms with Crippen LogP contribution in [-0.4, -0.2) is 38.1 Å². The summed E-state index contributed by atoms with van der Waals surface area (Å²) in [6, 6.07) is 10.9. The minimum Gasteiger partial charge on any atom is -0.493 e. The zero-order valence-corrected chi connectivity index (χ0v) is 19.3. The Kier molecular flexibility index (Phi) is 8.06. The van der Waals surface area contributed by atoms with Crippen molar-refractivity contribution in [2.45, 2.75) is 50.2 Å². The molecule has 1 atom stereocenters. The maximum absolute atomic E-state index is 13.1. The van der Waals surface area contributed by atoms with E-state index in [4.69, 9.17) is 9.47 Å². The minimum atomic E-state index is -4.43. The molecule has 6 nitrogen and oxygen atoms in total. The summed E-state index contributed by atoms with van der Waals surface area (Å²) in [4.78, 5) is 24.5. The molecule has 34 heavy (non-hydrogen) atoms. The van der Waals surface area contributed by atoms with Gasteiger partial charge in [0.05, 0.1) is 19.8 Å². The summed E-state index contributed by atoms with van der Waals surface area (Å²) in [7, 11) is 3.10. The fourth-order valence-corrected chi connectivity index (χ4v) is 4.36. The minimum absolute atomic E-state index is 0.0651. The summed E-state index contributed by atoms with van der Waals surface area (Å²) in [6.45, 7) is 0.0982. The van der Waals surface area contributed by atoms with Gasteiger partial charge in [-0.2, -0.15) is 13.2 Å². The van der Waals surface area contributed by atoms with E-state index in [1.54, 1.807) is 26.4 Å². The Bertz CT molecular complexity index is 1030. The van der Waals surface area contributed by atoms with Crippen LogP contribution in [0, 0.1) is 0 Å². The van der Waals surface area contributed by atoms with Gasteiger partial charge in [0.15, 0.2) is 11.5 Å². The van der Waals surface area contributed by atoms with Crippen LogP contribution in [0.15, 0.2) is 42.5 Å². The van der Waals surface area contributed by atoms with Crippen molar-refractivity contribution in [1.29, 1.82) is 0 Å². The van der Waals surface area contributed by atoms with Crippen molar-refractivity contribution in [2.75, 3.05) is 20.8 Å². The molecule has 1 aliphatic rings. The summed E-state index contributed by atoms with van der Waals surface area (Å²) in [5, 5.41) is 5.73. The molecule has 1 fully saturated rings. The Balaban J connectivity index is 1.58. The molecule has 0 radical (unpaired) electrons. The molecule has 0 spiro atoms.